The van der Waals surface area contributed by atoms with Gasteiger partial charge < -0.3 is 5.11 Å². The van der Waals surface area contributed by atoms with Gasteiger partial charge in [0.2, 0.25) is 0 Å². The van der Waals surface area contributed by atoms with Crippen molar-refractivity contribution in [1.29, 1.82) is 0 Å². The molecule has 92 valence electrons. The molecule has 0 amide bonds. The highest BCUT2D eigenvalue weighted by Gasteiger charge is 2.32. The number of ketones is 1. The lowest BCUT2D eigenvalue weighted by Gasteiger charge is -2.00. The van der Waals surface area contributed by atoms with Crippen LogP contribution < -0.4 is 0 Å². The van der Waals surface area contributed by atoms with Crippen molar-refractivity contribution in [3.8, 4) is 0 Å². The van der Waals surface area contributed by atoms with E-state index in [9.17, 15) is 9.59 Å². The topological polar surface area (TPSA) is 54.4 Å². The average Bonchev–Trinajstić information content (AvgIpc) is 3.13. The number of rotatable bonds is 3. The number of carbonyl (C=O) groups is 2. The Labute approximate surface area is 108 Å². The molecular formula is C14H12O3S. The zero-order chi connectivity index (χ0) is 12.9. The van der Waals surface area contributed by atoms with Crippen molar-refractivity contribution in [3.05, 3.63) is 34.2 Å². The lowest BCUT2D eigenvalue weighted by atomic mass is 10.0. The van der Waals surface area contributed by atoms with Gasteiger partial charge in [-0.15, -0.1) is 11.3 Å². The van der Waals surface area contributed by atoms with E-state index in [1.165, 1.54) is 11.3 Å². The molecular weight excluding hydrogens is 248 g/mol. The molecule has 4 heteroatoms. The van der Waals surface area contributed by atoms with Crippen LogP contribution in [0.5, 0.6) is 0 Å². The zero-order valence-electron chi connectivity index (χ0n) is 9.90. The number of thiophene rings is 1. The van der Waals surface area contributed by atoms with E-state index in [4.69, 9.17) is 5.11 Å². The summed E-state index contributed by atoms with van der Waals surface area (Å²) < 4.78 is 0.823. The van der Waals surface area contributed by atoms with Crippen LogP contribution in [0.3, 0.4) is 0 Å². The summed E-state index contributed by atoms with van der Waals surface area (Å²) in [7, 11) is 0. The Morgan fingerprint density at radius 1 is 1.33 bits per heavy atom. The van der Waals surface area contributed by atoms with E-state index in [1.54, 1.807) is 6.92 Å². The molecule has 0 spiro atoms. The fourth-order valence-corrected chi connectivity index (χ4v) is 3.37. The molecule has 1 aromatic heterocycles. The summed E-state index contributed by atoms with van der Waals surface area (Å²) >= 11 is 1.21. The molecule has 0 atom stereocenters. The SMILES string of the molecule is Cc1c(C(=O)O)sc2c(C(=O)C3CC3)cccc12. The first-order valence-corrected chi connectivity index (χ1v) is 6.71. The molecule has 1 aliphatic rings. The van der Waals surface area contributed by atoms with E-state index in [0.717, 1.165) is 28.5 Å². The number of hydrogen-bond donors (Lipinski definition) is 1. The van der Waals surface area contributed by atoms with Gasteiger partial charge in [-0.2, -0.15) is 0 Å². The average molecular weight is 260 g/mol. The molecule has 1 heterocycles. The van der Waals surface area contributed by atoms with Gasteiger partial charge in [-0.3, -0.25) is 4.79 Å². The second-order valence-corrected chi connectivity index (χ2v) is 5.70. The molecule has 0 unspecified atom stereocenters. The van der Waals surface area contributed by atoms with E-state index in [-0.39, 0.29) is 11.7 Å². The van der Waals surface area contributed by atoms with Gasteiger partial charge >= 0.3 is 5.97 Å². The standard InChI is InChI=1S/C14H12O3S/c1-7-9-3-2-4-10(11(15)8-5-6-8)13(9)18-12(7)14(16)17/h2-4,8H,5-6H2,1H3,(H,16,17). The highest BCUT2D eigenvalue weighted by atomic mass is 32.1. The van der Waals surface area contributed by atoms with Crippen LogP contribution in [-0.4, -0.2) is 16.9 Å². The third-order valence-corrected chi connectivity index (χ3v) is 4.70. The van der Waals surface area contributed by atoms with Gasteiger partial charge in [0.05, 0.1) is 0 Å². The van der Waals surface area contributed by atoms with Crippen molar-refractivity contribution in [1.82, 2.24) is 0 Å². The van der Waals surface area contributed by atoms with Crippen LogP contribution >= 0.6 is 11.3 Å². The Hall–Kier alpha value is -1.68. The first kappa shape index (κ1) is 11.4. The van der Waals surface area contributed by atoms with Crippen LogP contribution in [0, 0.1) is 12.8 Å². The number of carboxylic acids is 1. The predicted octanol–water partition coefficient (Wildman–Crippen LogP) is 3.50. The molecule has 3 nitrogen and oxygen atoms in total. The summed E-state index contributed by atoms with van der Waals surface area (Å²) in [5, 5.41) is 10.0. The molecule has 3 rings (SSSR count). The highest BCUT2D eigenvalue weighted by Crippen LogP contribution is 2.38. The van der Waals surface area contributed by atoms with Crippen molar-refractivity contribution in [2.75, 3.05) is 0 Å². The van der Waals surface area contributed by atoms with Crippen LogP contribution in [0.2, 0.25) is 0 Å². The minimum Gasteiger partial charge on any atom is -0.477 e. The first-order valence-electron chi connectivity index (χ1n) is 5.89. The van der Waals surface area contributed by atoms with Gasteiger partial charge in [-0.25, -0.2) is 4.79 Å². The van der Waals surface area contributed by atoms with Crippen LogP contribution in [0.4, 0.5) is 0 Å². The summed E-state index contributed by atoms with van der Waals surface area (Å²) in [5.41, 5.74) is 1.45. The van der Waals surface area contributed by atoms with Crippen molar-refractivity contribution in [2.24, 2.45) is 5.92 Å². The molecule has 1 fully saturated rings. The second kappa shape index (κ2) is 3.92. The normalized spacial score (nSPS) is 14.9. The number of carboxylic acid groups (broad SMARTS) is 1. The molecule has 1 aliphatic carbocycles. The Morgan fingerprint density at radius 2 is 2.06 bits per heavy atom. The van der Waals surface area contributed by atoms with Gasteiger partial charge in [0.1, 0.15) is 4.88 Å². The Morgan fingerprint density at radius 3 is 2.67 bits per heavy atom. The number of benzene rings is 1. The smallest absolute Gasteiger partial charge is 0.346 e. The summed E-state index contributed by atoms with van der Waals surface area (Å²) in [6.45, 7) is 1.80. The number of fused-ring (bicyclic) bond motifs is 1. The maximum Gasteiger partial charge on any atom is 0.346 e. The lowest BCUT2D eigenvalue weighted by Crippen LogP contribution is -2.00. The number of aromatic carboxylic acids is 1. The quantitative estimate of drug-likeness (QED) is 0.859. The minimum atomic E-state index is -0.918. The number of hydrogen-bond acceptors (Lipinski definition) is 3. The number of Topliss-reactive ketones (excluding diaryl/α,β-unsaturated/α-hetero) is 1. The van der Waals surface area contributed by atoms with Crippen LogP contribution in [0.25, 0.3) is 10.1 Å². The van der Waals surface area contributed by atoms with Gasteiger partial charge in [-0.05, 0) is 36.8 Å². The maximum atomic E-state index is 12.2. The molecule has 0 aliphatic heterocycles. The van der Waals surface area contributed by atoms with E-state index < -0.39 is 5.97 Å². The fraction of sp³-hybridized carbons (Fsp3) is 0.286. The summed E-state index contributed by atoms with van der Waals surface area (Å²) in [6, 6.07) is 5.53. The molecule has 0 radical (unpaired) electrons. The van der Waals surface area contributed by atoms with E-state index >= 15 is 0 Å². The van der Waals surface area contributed by atoms with Crippen molar-refractivity contribution >= 4 is 33.2 Å². The Balaban J connectivity index is 2.24. The maximum absolute atomic E-state index is 12.2. The van der Waals surface area contributed by atoms with E-state index in [0.29, 0.717) is 10.4 Å². The highest BCUT2D eigenvalue weighted by molar-refractivity contribution is 7.21. The first-order chi connectivity index (χ1) is 8.59. The van der Waals surface area contributed by atoms with Crippen LogP contribution in [-0.2, 0) is 0 Å². The lowest BCUT2D eigenvalue weighted by molar-refractivity contribution is 0.0701. The second-order valence-electron chi connectivity index (χ2n) is 4.68. The summed E-state index contributed by atoms with van der Waals surface area (Å²) in [5.74, 6) is -0.594. The van der Waals surface area contributed by atoms with Crippen LogP contribution in [0.1, 0.15) is 38.4 Å². The molecule has 0 saturated heterocycles. The van der Waals surface area contributed by atoms with E-state index in [2.05, 4.69) is 0 Å². The molecule has 1 aromatic carbocycles. The molecule has 1 N–H and O–H groups in total. The monoisotopic (exact) mass is 260 g/mol. The third-order valence-electron chi connectivity index (χ3n) is 3.37. The van der Waals surface area contributed by atoms with E-state index in [1.807, 2.05) is 18.2 Å². The summed E-state index contributed by atoms with van der Waals surface area (Å²) in [4.78, 5) is 23.6. The largest absolute Gasteiger partial charge is 0.477 e. The Bertz CT molecular complexity index is 665. The number of carbonyl (C=O) groups excluding carboxylic acids is 1. The molecule has 2 aromatic rings. The van der Waals surface area contributed by atoms with Crippen molar-refractivity contribution in [3.63, 3.8) is 0 Å². The van der Waals surface area contributed by atoms with Gasteiger partial charge in [0.15, 0.2) is 5.78 Å². The number of aryl methyl sites for hydroxylation is 1. The van der Waals surface area contributed by atoms with Crippen molar-refractivity contribution in [2.45, 2.75) is 19.8 Å². The molecule has 18 heavy (non-hydrogen) atoms. The predicted molar refractivity (Wildman–Crippen MR) is 70.6 cm³/mol. The zero-order valence-corrected chi connectivity index (χ0v) is 10.7. The molecule has 1 saturated carbocycles. The Kier molecular flexibility index (Phi) is 2.48. The van der Waals surface area contributed by atoms with Crippen molar-refractivity contribution < 1.29 is 14.7 Å². The van der Waals surface area contributed by atoms with Crippen LogP contribution in [0.15, 0.2) is 18.2 Å². The van der Waals surface area contributed by atoms with Gasteiger partial charge in [-0.1, -0.05) is 12.1 Å². The summed E-state index contributed by atoms with van der Waals surface area (Å²) in [6.07, 6.45) is 1.93. The van der Waals surface area contributed by atoms with Gasteiger partial charge in [0.25, 0.3) is 0 Å². The van der Waals surface area contributed by atoms with Gasteiger partial charge in [0, 0.05) is 16.2 Å². The minimum absolute atomic E-state index is 0.159. The third kappa shape index (κ3) is 1.64. The molecule has 0 bridgehead atoms. The fourth-order valence-electron chi connectivity index (χ4n) is 2.21.